The summed E-state index contributed by atoms with van der Waals surface area (Å²) in [5.41, 5.74) is 1.35. The van der Waals surface area contributed by atoms with Crippen molar-refractivity contribution < 1.29 is 31.8 Å². The van der Waals surface area contributed by atoms with E-state index in [1.165, 1.54) is 43.5 Å². The van der Waals surface area contributed by atoms with Gasteiger partial charge in [-0.1, -0.05) is 6.07 Å². The number of halogens is 4. The van der Waals surface area contributed by atoms with Gasteiger partial charge in [-0.3, -0.25) is 0 Å². The molecule has 36 heavy (non-hydrogen) atoms. The SMILES string of the molecule is COc1cc2c(cc1OC)[C@@H](COc1ccc(F)cc1)N(C(=S)Nc1cccc(C(F)(F)F)c1)CC2. The Labute approximate surface area is 211 Å². The summed E-state index contributed by atoms with van der Waals surface area (Å²) in [5.74, 6) is 1.21. The quantitative estimate of drug-likeness (QED) is 0.307. The molecule has 0 unspecified atom stereocenters. The molecular formula is C26H24F4N2O3S. The molecule has 0 amide bonds. The van der Waals surface area contributed by atoms with Crippen molar-refractivity contribution in [3.63, 3.8) is 0 Å². The van der Waals surface area contributed by atoms with Gasteiger partial charge in [0.25, 0.3) is 0 Å². The van der Waals surface area contributed by atoms with Crippen LogP contribution in [0.1, 0.15) is 22.7 Å². The molecule has 3 aromatic rings. The molecule has 4 rings (SSSR count). The van der Waals surface area contributed by atoms with Gasteiger partial charge in [-0.05, 0) is 84.4 Å². The van der Waals surface area contributed by atoms with E-state index in [0.717, 1.165) is 23.3 Å². The molecule has 3 aromatic carbocycles. The van der Waals surface area contributed by atoms with Crippen LogP contribution in [0.3, 0.4) is 0 Å². The van der Waals surface area contributed by atoms with E-state index in [0.29, 0.717) is 30.2 Å². The number of methoxy groups -OCH3 is 2. The topological polar surface area (TPSA) is 43.0 Å². The highest BCUT2D eigenvalue weighted by Gasteiger charge is 2.33. The molecule has 5 nitrogen and oxygen atoms in total. The molecule has 1 aliphatic heterocycles. The van der Waals surface area contributed by atoms with Crippen LogP contribution in [0.25, 0.3) is 0 Å². The van der Waals surface area contributed by atoms with Gasteiger partial charge in [0.15, 0.2) is 16.6 Å². The molecule has 0 saturated carbocycles. The molecule has 190 valence electrons. The number of nitrogens with zero attached hydrogens (tertiary/aromatic N) is 1. The molecule has 1 atom stereocenters. The van der Waals surface area contributed by atoms with E-state index < -0.39 is 17.8 Å². The fraction of sp³-hybridized carbons (Fsp3) is 0.269. The molecule has 0 aromatic heterocycles. The van der Waals surface area contributed by atoms with E-state index in [4.69, 9.17) is 26.4 Å². The van der Waals surface area contributed by atoms with Crippen LogP contribution in [0, 0.1) is 5.82 Å². The van der Waals surface area contributed by atoms with Crippen molar-refractivity contribution in [2.24, 2.45) is 0 Å². The van der Waals surface area contributed by atoms with Crippen LogP contribution in [-0.2, 0) is 12.6 Å². The van der Waals surface area contributed by atoms with Gasteiger partial charge >= 0.3 is 6.18 Å². The lowest BCUT2D eigenvalue weighted by Crippen LogP contribution is -2.44. The van der Waals surface area contributed by atoms with Crippen molar-refractivity contribution in [1.29, 1.82) is 0 Å². The van der Waals surface area contributed by atoms with Crippen LogP contribution in [0.4, 0.5) is 23.2 Å². The Balaban J connectivity index is 1.64. The van der Waals surface area contributed by atoms with Gasteiger partial charge in [-0.25, -0.2) is 4.39 Å². The minimum Gasteiger partial charge on any atom is -0.493 e. The molecule has 1 heterocycles. The summed E-state index contributed by atoms with van der Waals surface area (Å²) in [7, 11) is 3.09. The molecule has 0 aliphatic carbocycles. The molecule has 0 radical (unpaired) electrons. The maximum Gasteiger partial charge on any atom is 0.416 e. The third-order valence-electron chi connectivity index (χ3n) is 5.93. The minimum atomic E-state index is -4.47. The number of rotatable bonds is 6. The van der Waals surface area contributed by atoms with Gasteiger partial charge in [0.1, 0.15) is 18.2 Å². The molecular weight excluding hydrogens is 496 g/mol. The Morgan fingerprint density at radius 2 is 1.72 bits per heavy atom. The van der Waals surface area contributed by atoms with Crippen molar-refractivity contribution >= 4 is 23.0 Å². The predicted octanol–water partition coefficient (Wildman–Crippen LogP) is 6.24. The third-order valence-corrected chi connectivity index (χ3v) is 6.26. The highest BCUT2D eigenvalue weighted by atomic mass is 32.1. The summed E-state index contributed by atoms with van der Waals surface area (Å²) in [6.07, 6.45) is -3.85. The first-order chi connectivity index (χ1) is 17.2. The molecule has 1 aliphatic rings. The summed E-state index contributed by atoms with van der Waals surface area (Å²) in [4.78, 5) is 1.87. The number of anilines is 1. The molecule has 10 heteroatoms. The van der Waals surface area contributed by atoms with Crippen LogP contribution in [-0.4, -0.2) is 37.4 Å². The number of ether oxygens (including phenoxy) is 3. The standard InChI is InChI=1S/C26H24F4N2O3S/c1-33-23-12-16-10-11-32(25(36)31-19-5-3-4-17(13-19)26(28,29)30)22(21(16)14-24(23)34-2)15-35-20-8-6-18(27)7-9-20/h3-9,12-14,22H,10-11,15H2,1-2H3,(H,31,36)/t22-/m1/s1. The van der Waals surface area contributed by atoms with Crippen LogP contribution in [0.5, 0.6) is 17.2 Å². The second-order valence-electron chi connectivity index (χ2n) is 8.14. The molecule has 0 bridgehead atoms. The number of thiocarbonyl (C=S) groups is 1. The largest absolute Gasteiger partial charge is 0.493 e. The smallest absolute Gasteiger partial charge is 0.416 e. The summed E-state index contributed by atoms with van der Waals surface area (Å²) in [5, 5.41) is 3.19. The zero-order valence-electron chi connectivity index (χ0n) is 19.6. The monoisotopic (exact) mass is 520 g/mol. The summed E-state index contributed by atoms with van der Waals surface area (Å²) < 4.78 is 69.7. The first-order valence-electron chi connectivity index (χ1n) is 11.1. The summed E-state index contributed by atoms with van der Waals surface area (Å²) >= 11 is 5.63. The van der Waals surface area contributed by atoms with E-state index in [1.807, 2.05) is 17.0 Å². The van der Waals surface area contributed by atoms with Crippen LogP contribution in [0.15, 0.2) is 60.7 Å². The van der Waals surface area contributed by atoms with Gasteiger partial charge < -0.3 is 24.4 Å². The van der Waals surface area contributed by atoms with E-state index in [1.54, 1.807) is 7.11 Å². The lowest BCUT2D eigenvalue weighted by atomic mass is 9.92. The first-order valence-corrected chi connectivity index (χ1v) is 11.5. The molecule has 0 spiro atoms. The zero-order chi connectivity index (χ0) is 25.9. The number of nitrogens with one attached hydrogen (secondary N) is 1. The van der Waals surface area contributed by atoms with Crippen molar-refractivity contribution in [2.75, 3.05) is 32.7 Å². The van der Waals surface area contributed by atoms with Gasteiger partial charge in [0.05, 0.1) is 25.8 Å². The number of fused-ring (bicyclic) bond motifs is 1. The Morgan fingerprint density at radius 1 is 1.03 bits per heavy atom. The van der Waals surface area contributed by atoms with Gasteiger partial charge in [0, 0.05) is 12.2 Å². The average molecular weight is 521 g/mol. The van der Waals surface area contributed by atoms with Crippen LogP contribution < -0.4 is 19.5 Å². The summed E-state index contributed by atoms with van der Waals surface area (Å²) in [6.45, 7) is 0.642. The van der Waals surface area contributed by atoms with Crippen molar-refractivity contribution in [2.45, 2.75) is 18.6 Å². The number of benzene rings is 3. The van der Waals surface area contributed by atoms with Crippen molar-refractivity contribution in [3.8, 4) is 17.2 Å². The lowest BCUT2D eigenvalue weighted by Gasteiger charge is -2.39. The number of alkyl halides is 3. The van der Waals surface area contributed by atoms with Crippen molar-refractivity contribution in [3.05, 3.63) is 83.2 Å². The van der Waals surface area contributed by atoms with Gasteiger partial charge in [0.2, 0.25) is 0 Å². The third kappa shape index (κ3) is 5.64. The highest BCUT2D eigenvalue weighted by Crippen LogP contribution is 2.39. The number of hydrogen-bond acceptors (Lipinski definition) is 4. The molecule has 1 N–H and O–H groups in total. The molecule has 0 fully saturated rings. The van der Waals surface area contributed by atoms with E-state index >= 15 is 0 Å². The van der Waals surface area contributed by atoms with Gasteiger partial charge in [-0.2, -0.15) is 13.2 Å². The maximum atomic E-state index is 13.3. The fourth-order valence-corrected chi connectivity index (χ4v) is 4.46. The second kappa shape index (κ2) is 10.6. The minimum absolute atomic E-state index is 0.151. The van der Waals surface area contributed by atoms with Crippen LogP contribution in [0.2, 0.25) is 0 Å². The normalized spacial score (nSPS) is 15.2. The summed E-state index contributed by atoms with van der Waals surface area (Å²) in [6, 6.07) is 13.9. The second-order valence-corrected chi connectivity index (χ2v) is 8.53. The first kappa shape index (κ1) is 25.6. The Hall–Kier alpha value is -3.53. The molecule has 0 saturated heterocycles. The van der Waals surface area contributed by atoms with E-state index in [2.05, 4.69) is 5.32 Å². The van der Waals surface area contributed by atoms with E-state index in [9.17, 15) is 17.6 Å². The Morgan fingerprint density at radius 3 is 2.39 bits per heavy atom. The number of hydrogen-bond donors (Lipinski definition) is 1. The van der Waals surface area contributed by atoms with Crippen molar-refractivity contribution in [1.82, 2.24) is 4.90 Å². The zero-order valence-corrected chi connectivity index (χ0v) is 20.4. The van der Waals surface area contributed by atoms with Crippen LogP contribution >= 0.6 is 12.2 Å². The average Bonchev–Trinajstić information content (AvgIpc) is 2.86. The maximum absolute atomic E-state index is 13.3. The predicted molar refractivity (Wildman–Crippen MR) is 132 cm³/mol. The Bertz CT molecular complexity index is 1230. The van der Waals surface area contributed by atoms with E-state index in [-0.39, 0.29) is 23.2 Å². The van der Waals surface area contributed by atoms with Gasteiger partial charge in [-0.15, -0.1) is 0 Å². The lowest BCUT2D eigenvalue weighted by molar-refractivity contribution is -0.137. The highest BCUT2D eigenvalue weighted by molar-refractivity contribution is 7.80. The Kier molecular flexibility index (Phi) is 7.53. The fourth-order valence-electron chi connectivity index (χ4n) is 4.13.